The van der Waals surface area contributed by atoms with Crippen molar-refractivity contribution in [1.29, 1.82) is 0 Å². The summed E-state index contributed by atoms with van der Waals surface area (Å²) in [6.45, 7) is 1.08. The molecule has 118 valence electrons. The number of carboxylic acids is 1. The first-order valence-electron chi connectivity index (χ1n) is 5.78. The van der Waals surface area contributed by atoms with Gasteiger partial charge in [-0.2, -0.15) is 0 Å². The van der Waals surface area contributed by atoms with Gasteiger partial charge in [-0.15, -0.1) is 10.1 Å². The van der Waals surface area contributed by atoms with Crippen molar-refractivity contribution in [3.63, 3.8) is 0 Å². The fourth-order valence-electron chi connectivity index (χ4n) is 1.34. The van der Waals surface area contributed by atoms with E-state index in [9.17, 15) is 0 Å². The molecule has 2 aromatic carbocycles. The highest BCUT2D eigenvalue weighted by Crippen LogP contribution is 2.32. The SMILES string of the molecule is CC(=O)O.Clc1cccc(-c2ccccc2)c1Cl.O=[N+]([O-])O. The molecule has 22 heavy (non-hydrogen) atoms. The molecule has 0 unspecified atom stereocenters. The topological polar surface area (TPSA) is 101 Å². The lowest BCUT2D eigenvalue weighted by Crippen LogP contribution is -1.81. The van der Waals surface area contributed by atoms with E-state index < -0.39 is 11.1 Å². The normalized spacial score (nSPS) is 8.68. The van der Waals surface area contributed by atoms with Gasteiger partial charge in [0.1, 0.15) is 0 Å². The highest BCUT2D eigenvalue weighted by Gasteiger charge is 2.05. The van der Waals surface area contributed by atoms with Crippen LogP contribution in [0.5, 0.6) is 0 Å². The summed E-state index contributed by atoms with van der Waals surface area (Å²) in [5.74, 6) is -0.833. The van der Waals surface area contributed by atoms with Crippen LogP contribution in [-0.4, -0.2) is 21.4 Å². The van der Waals surface area contributed by atoms with Crippen LogP contribution in [0.1, 0.15) is 6.92 Å². The second kappa shape index (κ2) is 10.4. The first kappa shape index (κ1) is 19.7. The van der Waals surface area contributed by atoms with Gasteiger partial charge in [0.2, 0.25) is 0 Å². The number of aliphatic carboxylic acids is 1. The minimum Gasteiger partial charge on any atom is -0.481 e. The Morgan fingerprint density at radius 3 is 2.00 bits per heavy atom. The Morgan fingerprint density at radius 1 is 1.09 bits per heavy atom. The average Bonchev–Trinajstić information content (AvgIpc) is 2.42. The molecule has 0 aromatic heterocycles. The van der Waals surface area contributed by atoms with Gasteiger partial charge in [-0.1, -0.05) is 65.7 Å². The van der Waals surface area contributed by atoms with Crippen LogP contribution in [0.25, 0.3) is 11.1 Å². The molecule has 6 nitrogen and oxygen atoms in total. The number of benzene rings is 2. The molecular formula is C14H13Cl2NO5. The Morgan fingerprint density at radius 2 is 1.55 bits per heavy atom. The maximum absolute atomic E-state index is 9.00. The number of carboxylic acid groups (broad SMARTS) is 1. The number of halogens is 2. The van der Waals surface area contributed by atoms with Gasteiger partial charge < -0.3 is 10.3 Å². The zero-order valence-electron chi connectivity index (χ0n) is 11.4. The van der Waals surface area contributed by atoms with Gasteiger partial charge in [0.05, 0.1) is 10.0 Å². The zero-order chi connectivity index (χ0) is 17.1. The Balaban J connectivity index is 0.000000464. The van der Waals surface area contributed by atoms with Gasteiger partial charge in [-0.25, -0.2) is 0 Å². The van der Waals surface area contributed by atoms with Gasteiger partial charge in [0.15, 0.2) is 0 Å². The first-order chi connectivity index (χ1) is 10.3. The molecule has 0 radical (unpaired) electrons. The van der Waals surface area contributed by atoms with E-state index in [-0.39, 0.29) is 0 Å². The predicted molar refractivity (Wildman–Crippen MR) is 84.0 cm³/mol. The molecule has 2 aromatic rings. The van der Waals surface area contributed by atoms with Crippen molar-refractivity contribution in [3.8, 4) is 11.1 Å². The summed E-state index contributed by atoms with van der Waals surface area (Å²) in [5, 5.41) is 22.3. The predicted octanol–water partition coefficient (Wildman–Crippen LogP) is 4.40. The van der Waals surface area contributed by atoms with E-state index in [2.05, 4.69) is 0 Å². The number of rotatable bonds is 1. The standard InChI is InChI=1S/C12H8Cl2.C2H4O2.HNO3/c13-11-8-4-7-10(12(11)14)9-5-2-1-3-6-9;1-2(3)4;2-1(3)4/h1-8H;1H3,(H,3,4);(H,2,3,4). The Labute approximate surface area is 136 Å². The zero-order valence-corrected chi connectivity index (χ0v) is 13.0. The van der Waals surface area contributed by atoms with Crippen molar-refractivity contribution in [2.24, 2.45) is 0 Å². The Kier molecular flexibility index (Phi) is 9.33. The third-order valence-electron chi connectivity index (χ3n) is 2.04. The van der Waals surface area contributed by atoms with Gasteiger partial charge in [0, 0.05) is 12.5 Å². The van der Waals surface area contributed by atoms with Crippen molar-refractivity contribution in [2.45, 2.75) is 6.92 Å². The fourth-order valence-corrected chi connectivity index (χ4v) is 1.75. The molecule has 2 N–H and O–H groups in total. The monoisotopic (exact) mass is 345 g/mol. The minimum atomic E-state index is -1.50. The van der Waals surface area contributed by atoms with Crippen molar-refractivity contribution in [3.05, 3.63) is 68.7 Å². The van der Waals surface area contributed by atoms with Crippen LogP contribution >= 0.6 is 23.2 Å². The second-order valence-electron chi connectivity index (χ2n) is 3.72. The lowest BCUT2D eigenvalue weighted by atomic mass is 10.1. The lowest BCUT2D eigenvalue weighted by molar-refractivity contribution is -0.742. The van der Waals surface area contributed by atoms with E-state index in [0.29, 0.717) is 10.0 Å². The molecule has 0 saturated heterocycles. The van der Waals surface area contributed by atoms with Crippen LogP contribution in [0.15, 0.2) is 48.5 Å². The summed E-state index contributed by atoms with van der Waals surface area (Å²) < 4.78 is 0. The number of carbonyl (C=O) groups is 1. The molecule has 2 rings (SSSR count). The Hall–Kier alpha value is -2.31. The van der Waals surface area contributed by atoms with Gasteiger partial charge >= 0.3 is 0 Å². The van der Waals surface area contributed by atoms with E-state index in [0.717, 1.165) is 18.1 Å². The summed E-state index contributed by atoms with van der Waals surface area (Å²) >= 11 is 12.0. The summed E-state index contributed by atoms with van der Waals surface area (Å²) in [6.07, 6.45) is 0. The molecule has 0 aliphatic rings. The molecule has 0 atom stereocenters. The van der Waals surface area contributed by atoms with Crippen molar-refractivity contribution in [1.82, 2.24) is 0 Å². The quantitative estimate of drug-likeness (QED) is 0.589. The number of nitrogens with zero attached hydrogens (tertiary/aromatic N) is 1. The van der Waals surface area contributed by atoms with Crippen LogP contribution in [0.4, 0.5) is 0 Å². The summed E-state index contributed by atoms with van der Waals surface area (Å²) in [6, 6.07) is 15.6. The van der Waals surface area contributed by atoms with Crippen LogP contribution in [-0.2, 0) is 4.79 Å². The van der Waals surface area contributed by atoms with Crippen LogP contribution < -0.4 is 0 Å². The Bertz CT molecular complexity index is 600. The van der Waals surface area contributed by atoms with Crippen molar-refractivity contribution >= 4 is 29.2 Å². The minimum absolute atomic E-state index is 0.591. The summed E-state index contributed by atoms with van der Waals surface area (Å²) in [5.41, 5.74) is 2.06. The maximum Gasteiger partial charge on any atom is 0.300 e. The number of hydrogen-bond donors (Lipinski definition) is 2. The first-order valence-corrected chi connectivity index (χ1v) is 6.53. The average molecular weight is 346 g/mol. The molecule has 0 aliphatic carbocycles. The molecular weight excluding hydrogens is 333 g/mol. The largest absolute Gasteiger partial charge is 0.481 e. The van der Waals surface area contributed by atoms with E-state index in [1.165, 1.54) is 0 Å². The highest BCUT2D eigenvalue weighted by atomic mass is 35.5. The van der Waals surface area contributed by atoms with E-state index in [1.54, 1.807) is 6.07 Å². The fraction of sp³-hybridized carbons (Fsp3) is 0.0714. The molecule has 8 heteroatoms. The summed E-state index contributed by atoms with van der Waals surface area (Å²) in [7, 11) is 0. The molecule has 0 amide bonds. The third-order valence-corrected chi connectivity index (χ3v) is 2.86. The third kappa shape index (κ3) is 8.78. The van der Waals surface area contributed by atoms with E-state index >= 15 is 0 Å². The van der Waals surface area contributed by atoms with Gasteiger partial charge in [-0.05, 0) is 11.6 Å². The van der Waals surface area contributed by atoms with E-state index in [4.69, 9.17) is 48.4 Å². The highest BCUT2D eigenvalue weighted by molar-refractivity contribution is 6.43. The van der Waals surface area contributed by atoms with Gasteiger partial charge in [-0.3, -0.25) is 4.79 Å². The molecule has 0 aliphatic heterocycles. The maximum atomic E-state index is 9.00. The van der Waals surface area contributed by atoms with Crippen LogP contribution in [0, 0.1) is 10.1 Å². The molecule has 0 bridgehead atoms. The summed E-state index contributed by atoms with van der Waals surface area (Å²) in [4.78, 5) is 17.4. The molecule has 0 spiro atoms. The smallest absolute Gasteiger partial charge is 0.300 e. The van der Waals surface area contributed by atoms with E-state index in [1.807, 2.05) is 42.5 Å². The van der Waals surface area contributed by atoms with Crippen molar-refractivity contribution in [2.75, 3.05) is 0 Å². The van der Waals surface area contributed by atoms with Crippen LogP contribution in [0.2, 0.25) is 10.0 Å². The van der Waals surface area contributed by atoms with Crippen molar-refractivity contribution < 1.29 is 20.2 Å². The number of hydrogen-bond acceptors (Lipinski definition) is 3. The van der Waals surface area contributed by atoms with Crippen LogP contribution in [0.3, 0.4) is 0 Å². The molecule has 0 saturated carbocycles. The second-order valence-corrected chi connectivity index (χ2v) is 4.51. The molecule has 0 heterocycles. The molecule has 0 fully saturated rings. The van der Waals surface area contributed by atoms with Gasteiger partial charge in [0.25, 0.3) is 11.1 Å². The lowest BCUT2D eigenvalue weighted by Gasteiger charge is -2.04.